The van der Waals surface area contributed by atoms with Gasteiger partial charge >= 0.3 is 0 Å². The Hall–Kier alpha value is -1.36. The van der Waals surface area contributed by atoms with Crippen LogP contribution in [0, 0.1) is 13.8 Å². The van der Waals surface area contributed by atoms with Gasteiger partial charge in [0, 0.05) is 19.2 Å². The molecular weight excluding hydrogens is 204 g/mol. The SMILES string of the molecule is Cc1nc(N)c(C)c(N(C)CC(C)(C)O)n1. The van der Waals surface area contributed by atoms with Gasteiger partial charge in [-0.25, -0.2) is 9.97 Å². The highest BCUT2D eigenvalue weighted by atomic mass is 16.3. The van der Waals surface area contributed by atoms with E-state index in [1.807, 2.05) is 18.9 Å². The van der Waals surface area contributed by atoms with Crippen LogP contribution < -0.4 is 10.6 Å². The summed E-state index contributed by atoms with van der Waals surface area (Å²) in [7, 11) is 1.88. The van der Waals surface area contributed by atoms with Gasteiger partial charge in [-0.05, 0) is 27.7 Å². The molecular formula is C11H20N4O. The molecule has 0 aromatic carbocycles. The smallest absolute Gasteiger partial charge is 0.137 e. The van der Waals surface area contributed by atoms with Crippen LogP contribution in [-0.4, -0.2) is 34.3 Å². The van der Waals surface area contributed by atoms with Gasteiger partial charge in [0.2, 0.25) is 0 Å². The van der Waals surface area contributed by atoms with Crippen molar-refractivity contribution in [2.24, 2.45) is 0 Å². The number of hydrogen-bond donors (Lipinski definition) is 2. The number of hydrogen-bond acceptors (Lipinski definition) is 5. The molecule has 0 unspecified atom stereocenters. The van der Waals surface area contributed by atoms with E-state index in [0.29, 0.717) is 18.2 Å². The summed E-state index contributed by atoms with van der Waals surface area (Å²) in [5, 5.41) is 9.76. The van der Waals surface area contributed by atoms with E-state index in [9.17, 15) is 5.11 Å². The maximum absolute atomic E-state index is 9.76. The second-order valence-electron chi connectivity index (χ2n) is 4.77. The third-order valence-electron chi connectivity index (χ3n) is 2.26. The van der Waals surface area contributed by atoms with Crippen LogP contribution in [0.1, 0.15) is 25.2 Å². The van der Waals surface area contributed by atoms with Crippen molar-refractivity contribution in [1.82, 2.24) is 9.97 Å². The molecule has 3 N–H and O–H groups in total. The van der Waals surface area contributed by atoms with Crippen molar-refractivity contribution >= 4 is 11.6 Å². The summed E-state index contributed by atoms with van der Waals surface area (Å²) >= 11 is 0. The molecule has 0 aliphatic rings. The van der Waals surface area contributed by atoms with Crippen LogP contribution in [0.4, 0.5) is 11.6 Å². The van der Waals surface area contributed by atoms with Gasteiger partial charge in [-0.3, -0.25) is 0 Å². The number of anilines is 2. The van der Waals surface area contributed by atoms with Crippen molar-refractivity contribution in [3.05, 3.63) is 11.4 Å². The lowest BCUT2D eigenvalue weighted by atomic mass is 10.1. The number of likely N-dealkylation sites (N-methyl/N-ethyl adjacent to an activating group) is 1. The van der Waals surface area contributed by atoms with Gasteiger partial charge in [0.05, 0.1) is 5.60 Å². The number of aliphatic hydroxyl groups is 1. The van der Waals surface area contributed by atoms with E-state index in [1.54, 1.807) is 20.8 Å². The highest BCUT2D eigenvalue weighted by molar-refractivity contribution is 5.56. The molecule has 0 radical (unpaired) electrons. The van der Waals surface area contributed by atoms with E-state index in [2.05, 4.69) is 9.97 Å². The van der Waals surface area contributed by atoms with Crippen molar-refractivity contribution < 1.29 is 5.11 Å². The van der Waals surface area contributed by atoms with Crippen LogP contribution in [-0.2, 0) is 0 Å². The molecule has 0 bridgehead atoms. The molecule has 5 nitrogen and oxygen atoms in total. The van der Waals surface area contributed by atoms with Crippen molar-refractivity contribution in [3.63, 3.8) is 0 Å². The van der Waals surface area contributed by atoms with Crippen LogP contribution >= 0.6 is 0 Å². The molecule has 16 heavy (non-hydrogen) atoms. The van der Waals surface area contributed by atoms with Gasteiger partial charge < -0.3 is 15.7 Å². The molecule has 1 aromatic rings. The number of rotatable bonds is 3. The zero-order valence-corrected chi connectivity index (χ0v) is 10.6. The Balaban J connectivity index is 3.04. The summed E-state index contributed by atoms with van der Waals surface area (Å²) in [6.45, 7) is 7.69. The lowest BCUT2D eigenvalue weighted by molar-refractivity contribution is 0.0884. The number of aromatic nitrogens is 2. The van der Waals surface area contributed by atoms with E-state index in [1.165, 1.54) is 0 Å². The number of nitrogens with two attached hydrogens (primary N) is 1. The van der Waals surface area contributed by atoms with Crippen molar-refractivity contribution in [2.75, 3.05) is 24.2 Å². The Kier molecular flexibility index (Phi) is 3.38. The van der Waals surface area contributed by atoms with E-state index >= 15 is 0 Å². The first-order chi connectivity index (χ1) is 7.20. The Morgan fingerprint density at radius 2 is 1.88 bits per heavy atom. The fourth-order valence-electron chi connectivity index (χ4n) is 1.66. The number of aryl methyl sites for hydroxylation is 1. The lowest BCUT2D eigenvalue weighted by Gasteiger charge is -2.27. The second-order valence-corrected chi connectivity index (χ2v) is 4.77. The minimum Gasteiger partial charge on any atom is -0.389 e. The maximum Gasteiger partial charge on any atom is 0.137 e. The molecule has 0 saturated carbocycles. The highest BCUT2D eigenvalue weighted by Gasteiger charge is 2.19. The predicted molar refractivity (Wildman–Crippen MR) is 65.5 cm³/mol. The third kappa shape index (κ3) is 3.06. The quantitative estimate of drug-likeness (QED) is 0.797. The highest BCUT2D eigenvalue weighted by Crippen LogP contribution is 2.21. The van der Waals surface area contributed by atoms with E-state index in [0.717, 1.165) is 11.4 Å². The topological polar surface area (TPSA) is 75.3 Å². The molecule has 90 valence electrons. The Morgan fingerprint density at radius 3 is 2.38 bits per heavy atom. The van der Waals surface area contributed by atoms with Crippen LogP contribution in [0.25, 0.3) is 0 Å². The second kappa shape index (κ2) is 4.25. The van der Waals surface area contributed by atoms with E-state index < -0.39 is 5.60 Å². The summed E-state index contributed by atoms with van der Waals surface area (Å²) in [5.74, 6) is 1.90. The summed E-state index contributed by atoms with van der Waals surface area (Å²) < 4.78 is 0. The van der Waals surface area contributed by atoms with Crippen molar-refractivity contribution in [2.45, 2.75) is 33.3 Å². The molecule has 0 aliphatic heterocycles. The van der Waals surface area contributed by atoms with Gasteiger partial charge in [0.25, 0.3) is 0 Å². The van der Waals surface area contributed by atoms with E-state index in [-0.39, 0.29) is 0 Å². The molecule has 0 atom stereocenters. The molecule has 0 aliphatic carbocycles. The maximum atomic E-state index is 9.76. The standard InChI is InChI=1S/C11H20N4O/c1-7-9(12)13-8(2)14-10(7)15(5)6-11(3,4)16/h16H,6H2,1-5H3,(H2,12,13,14). The van der Waals surface area contributed by atoms with Gasteiger partial charge in [-0.1, -0.05) is 0 Å². The van der Waals surface area contributed by atoms with E-state index in [4.69, 9.17) is 5.73 Å². The number of nitrogens with zero attached hydrogens (tertiary/aromatic N) is 3. The first-order valence-electron chi connectivity index (χ1n) is 5.25. The molecule has 1 aromatic heterocycles. The summed E-state index contributed by atoms with van der Waals surface area (Å²) in [6, 6.07) is 0. The molecule has 1 heterocycles. The summed E-state index contributed by atoms with van der Waals surface area (Å²) in [6.07, 6.45) is 0. The molecule has 0 spiro atoms. The van der Waals surface area contributed by atoms with Gasteiger partial charge in [0.1, 0.15) is 17.5 Å². The molecule has 0 saturated heterocycles. The Morgan fingerprint density at radius 1 is 1.31 bits per heavy atom. The summed E-state index contributed by atoms with van der Waals surface area (Å²) in [5.41, 5.74) is 5.86. The monoisotopic (exact) mass is 224 g/mol. The predicted octanol–water partition coefficient (Wildman–Crippen LogP) is 0.883. The summed E-state index contributed by atoms with van der Waals surface area (Å²) in [4.78, 5) is 10.3. The Labute approximate surface area is 96.3 Å². The van der Waals surface area contributed by atoms with Crippen molar-refractivity contribution in [1.29, 1.82) is 0 Å². The molecule has 1 rings (SSSR count). The first-order valence-corrected chi connectivity index (χ1v) is 5.25. The average molecular weight is 224 g/mol. The average Bonchev–Trinajstić information content (AvgIpc) is 2.08. The Bertz CT molecular complexity index is 384. The van der Waals surface area contributed by atoms with Crippen LogP contribution in [0.2, 0.25) is 0 Å². The molecule has 0 fully saturated rings. The third-order valence-corrected chi connectivity index (χ3v) is 2.26. The fourth-order valence-corrected chi connectivity index (χ4v) is 1.66. The number of nitrogen functional groups attached to an aromatic ring is 1. The zero-order chi connectivity index (χ0) is 12.5. The first kappa shape index (κ1) is 12.7. The molecule has 0 amide bonds. The van der Waals surface area contributed by atoms with Crippen LogP contribution in [0.15, 0.2) is 0 Å². The van der Waals surface area contributed by atoms with Crippen LogP contribution in [0.5, 0.6) is 0 Å². The zero-order valence-electron chi connectivity index (χ0n) is 10.6. The fraction of sp³-hybridized carbons (Fsp3) is 0.636. The minimum atomic E-state index is -0.769. The van der Waals surface area contributed by atoms with Crippen LogP contribution in [0.3, 0.4) is 0 Å². The van der Waals surface area contributed by atoms with Crippen molar-refractivity contribution in [3.8, 4) is 0 Å². The van der Waals surface area contributed by atoms with Gasteiger partial charge in [-0.2, -0.15) is 0 Å². The molecule has 5 heteroatoms. The largest absolute Gasteiger partial charge is 0.389 e. The minimum absolute atomic E-state index is 0.490. The van der Waals surface area contributed by atoms with Gasteiger partial charge in [0.15, 0.2) is 0 Å². The normalized spacial score (nSPS) is 11.6. The lowest BCUT2D eigenvalue weighted by Crippen LogP contribution is -2.37. The van der Waals surface area contributed by atoms with Gasteiger partial charge in [-0.15, -0.1) is 0 Å².